The molecule has 2 N–H and O–H groups in total. The van der Waals surface area contributed by atoms with Gasteiger partial charge < -0.3 is 20.1 Å². The molecule has 0 aromatic heterocycles. The molecule has 1 aromatic carbocycles. The van der Waals surface area contributed by atoms with Crippen LogP contribution in [-0.2, 0) is 13.0 Å². The standard InChI is InChI=1S/C20H34N4O2/c1-7-21-19(23-20(2,3)4)22-9-11-24-10-8-15-12-17(25-5)18(26-6)13-16(15)14-24/h12-13H,7-11,14H2,1-6H3,(H2,21,22,23). The molecule has 6 nitrogen and oxygen atoms in total. The summed E-state index contributed by atoms with van der Waals surface area (Å²) in [6, 6.07) is 4.22. The number of rotatable bonds is 6. The number of benzene rings is 1. The van der Waals surface area contributed by atoms with Gasteiger partial charge in [0.15, 0.2) is 17.5 Å². The van der Waals surface area contributed by atoms with Gasteiger partial charge in [-0.15, -0.1) is 0 Å². The maximum Gasteiger partial charge on any atom is 0.191 e. The monoisotopic (exact) mass is 362 g/mol. The number of nitrogens with zero attached hydrogens (tertiary/aromatic N) is 2. The number of hydrogen-bond donors (Lipinski definition) is 2. The van der Waals surface area contributed by atoms with Crippen LogP contribution in [0, 0.1) is 0 Å². The molecule has 146 valence electrons. The molecule has 1 aliphatic heterocycles. The number of aliphatic imine (C=N–C) groups is 1. The largest absolute Gasteiger partial charge is 0.493 e. The Kier molecular flexibility index (Phi) is 7.14. The van der Waals surface area contributed by atoms with Gasteiger partial charge in [0.25, 0.3) is 0 Å². The molecule has 0 atom stereocenters. The van der Waals surface area contributed by atoms with E-state index in [1.807, 2.05) is 0 Å². The van der Waals surface area contributed by atoms with Crippen molar-refractivity contribution < 1.29 is 9.47 Å². The molecule has 1 heterocycles. The van der Waals surface area contributed by atoms with Crippen LogP contribution >= 0.6 is 0 Å². The summed E-state index contributed by atoms with van der Waals surface area (Å²) >= 11 is 0. The Bertz CT molecular complexity index is 623. The predicted octanol–water partition coefficient (Wildman–Crippen LogP) is 2.42. The summed E-state index contributed by atoms with van der Waals surface area (Å²) in [6.07, 6.45) is 1.03. The third-order valence-electron chi connectivity index (χ3n) is 4.32. The highest BCUT2D eigenvalue weighted by Crippen LogP contribution is 2.33. The van der Waals surface area contributed by atoms with Crippen molar-refractivity contribution in [2.75, 3.05) is 40.4 Å². The molecule has 26 heavy (non-hydrogen) atoms. The zero-order valence-corrected chi connectivity index (χ0v) is 17.1. The third-order valence-corrected chi connectivity index (χ3v) is 4.32. The van der Waals surface area contributed by atoms with Crippen LogP contribution in [0.4, 0.5) is 0 Å². The molecule has 0 unspecified atom stereocenters. The van der Waals surface area contributed by atoms with E-state index in [9.17, 15) is 0 Å². The highest BCUT2D eigenvalue weighted by molar-refractivity contribution is 5.80. The Morgan fingerprint density at radius 2 is 1.81 bits per heavy atom. The van der Waals surface area contributed by atoms with Crippen molar-refractivity contribution >= 4 is 5.96 Å². The van der Waals surface area contributed by atoms with Crippen LogP contribution in [0.25, 0.3) is 0 Å². The second kappa shape index (κ2) is 9.12. The molecule has 0 spiro atoms. The van der Waals surface area contributed by atoms with E-state index in [0.29, 0.717) is 0 Å². The highest BCUT2D eigenvalue weighted by atomic mass is 16.5. The van der Waals surface area contributed by atoms with Crippen LogP contribution < -0.4 is 20.1 Å². The van der Waals surface area contributed by atoms with Crippen molar-refractivity contribution in [3.8, 4) is 11.5 Å². The van der Waals surface area contributed by atoms with E-state index in [1.54, 1.807) is 14.2 Å². The summed E-state index contributed by atoms with van der Waals surface area (Å²) in [7, 11) is 3.37. The lowest BCUT2D eigenvalue weighted by molar-refractivity contribution is 0.259. The van der Waals surface area contributed by atoms with E-state index in [2.05, 4.69) is 55.4 Å². The SMILES string of the molecule is CCNC(=NCCN1CCc2cc(OC)c(OC)cc2C1)NC(C)(C)C. The van der Waals surface area contributed by atoms with Gasteiger partial charge in [-0.2, -0.15) is 0 Å². The second-order valence-electron chi connectivity index (χ2n) is 7.64. The molecule has 0 amide bonds. The minimum absolute atomic E-state index is 0.000672. The molecule has 2 rings (SSSR count). The van der Waals surface area contributed by atoms with E-state index in [4.69, 9.17) is 14.5 Å². The minimum atomic E-state index is 0.000672. The number of ether oxygens (including phenoxy) is 2. The van der Waals surface area contributed by atoms with Gasteiger partial charge in [0.1, 0.15) is 0 Å². The van der Waals surface area contributed by atoms with Gasteiger partial charge >= 0.3 is 0 Å². The van der Waals surface area contributed by atoms with Crippen molar-refractivity contribution in [2.24, 2.45) is 4.99 Å². The maximum atomic E-state index is 5.44. The molecule has 0 saturated heterocycles. The average Bonchev–Trinajstić information content (AvgIpc) is 2.59. The Labute approximate surface area is 158 Å². The zero-order chi connectivity index (χ0) is 19.2. The quantitative estimate of drug-likeness (QED) is 0.601. The lowest BCUT2D eigenvalue weighted by Gasteiger charge is -2.29. The first-order valence-corrected chi connectivity index (χ1v) is 9.39. The Morgan fingerprint density at radius 1 is 1.15 bits per heavy atom. The van der Waals surface area contributed by atoms with Gasteiger partial charge in [-0.25, -0.2) is 0 Å². The van der Waals surface area contributed by atoms with Gasteiger partial charge in [-0.05, 0) is 57.4 Å². The van der Waals surface area contributed by atoms with Crippen LogP contribution in [0.1, 0.15) is 38.8 Å². The van der Waals surface area contributed by atoms with Crippen molar-refractivity contribution in [3.63, 3.8) is 0 Å². The summed E-state index contributed by atoms with van der Waals surface area (Å²) in [4.78, 5) is 7.16. The smallest absolute Gasteiger partial charge is 0.191 e. The molecule has 0 bridgehead atoms. The van der Waals surface area contributed by atoms with Gasteiger partial charge in [-0.1, -0.05) is 0 Å². The zero-order valence-electron chi connectivity index (χ0n) is 17.1. The fraction of sp³-hybridized carbons (Fsp3) is 0.650. The van der Waals surface area contributed by atoms with E-state index in [1.165, 1.54) is 11.1 Å². The summed E-state index contributed by atoms with van der Waals surface area (Å²) in [6.45, 7) is 13.1. The fourth-order valence-electron chi connectivity index (χ4n) is 3.10. The summed E-state index contributed by atoms with van der Waals surface area (Å²) in [5, 5.41) is 6.74. The molecule has 0 fully saturated rings. The number of guanidine groups is 1. The lowest BCUT2D eigenvalue weighted by Crippen LogP contribution is -2.47. The van der Waals surface area contributed by atoms with E-state index in [0.717, 1.165) is 56.6 Å². The Hall–Kier alpha value is -1.95. The van der Waals surface area contributed by atoms with Crippen molar-refractivity contribution in [2.45, 2.75) is 46.2 Å². The Balaban J connectivity index is 1.97. The molecule has 1 aromatic rings. The molecular weight excluding hydrogens is 328 g/mol. The third kappa shape index (κ3) is 5.80. The van der Waals surface area contributed by atoms with Crippen LogP contribution in [0.3, 0.4) is 0 Å². The van der Waals surface area contributed by atoms with Crippen LogP contribution in [-0.4, -0.2) is 56.8 Å². The lowest BCUT2D eigenvalue weighted by atomic mass is 9.99. The Morgan fingerprint density at radius 3 is 2.38 bits per heavy atom. The van der Waals surface area contributed by atoms with Crippen LogP contribution in [0.5, 0.6) is 11.5 Å². The van der Waals surface area contributed by atoms with Gasteiger partial charge in [0.2, 0.25) is 0 Å². The average molecular weight is 363 g/mol. The van der Waals surface area contributed by atoms with Gasteiger partial charge in [0, 0.05) is 31.7 Å². The van der Waals surface area contributed by atoms with Gasteiger partial charge in [-0.3, -0.25) is 9.89 Å². The number of methoxy groups -OCH3 is 2. The van der Waals surface area contributed by atoms with Crippen molar-refractivity contribution in [3.05, 3.63) is 23.3 Å². The molecule has 0 saturated carbocycles. The summed E-state index contributed by atoms with van der Waals surface area (Å²) in [5.41, 5.74) is 2.67. The first kappa shape index (κ1) is 20.4. The van der Waals surface area contributed by atoms with Crippen LogP contribution in [0.2, 0.25) is 0 Å². The highest BCUT2D eigenvalue weighted by Gasteiger charge is 2.19. The topological polar surface area (TPSA) is 58.1 Å². The molecular formula is C20H34N4O2. The van der Waals surface area contributed by atoms with Gasteiger partial charge in [0.05, 0.1) is 20.8 Å². The first-order valence-electron chi connectivity index (χ1n) is 9.39. The molecule has 6 heteroatoms. The minimum Gasteiger partial charge on any atom is -0.493 e. The van der Waals surface area contributed by atoms with E-state index in [-0.39, 0.29) is 5.54 Å². The molecule has 0 radical (unpaired) electrons. The van der Waals surface area contributed by atoms with Crippen molar-refractivity contribution in [1.82, 2.24) is 15.5 Å². The summed E-state index contributed by atoms with van der Waals surface area (Å²) < 4.78 is 10.9. The number of nitrogens with one attached hydrogen (secondary N) is 2. The van der Waals surface area contributed by atoms with E-state index >= 15 is 0 Å². The van der Waals surface area contributed by atoms with Crippen LogP contribution in [0.15, 0.2) is 17.1 Å². The van der Waals surface area contributed by atoms with Crippen molar-refractivity contribution in [1.29, 1.82) is 0 Å². The first-order chi connectivity index (χ1) is 12.4. The predicted molar refractivity (Wildman–Crippen MR) is 107 cm³/mol. The summed E-state index contributed by atoms with van der Waals surface area (Å²) in [5.74, 6) is 2.49. The maximum absolute atomic E-state index is 5.44. The molecule has 1 aliphatic rings. The number of hydrogen-bond acceptors (Lipinski definition) is 4. The normalized spacial score (nSPS) is 15.4. The molecule has 0 aliphatic carbocycles. The number of fused-ring (bicyclic) bond motifs is 1. The van der Waals surface area contributed by atoms with E-state index < -0.39 is 0 Å². The fourth-order valence-corrected chi connectivity index (χ4v) is 3.10. The second-order valence-corrected chi connectivity index (χ2v) is 7.64.